The van der Waals surface area contributed by atoms with Gasteiger partial charge in [-0.3, -0.25) is 4.90 Å². The minimum Gasteiger partial charge on any atom is -0.315 e. The number of rotatable bonds is 8. The van der Waals surface area contributed by atoms with Crippen LogP contribution in [-0.2, 0) is 13.1 Å². The van der Waals surface area contributed by atoms with E-state index < -0.39 is 0 Å². The van der Waals surface area contributed by atoms with Crippen molar-refractivity contribution < 1.29 is 0 Å². The van der Waals surface area contributed by atoms with Crippen molar-refractivity contribution >= 4 is 23.1 Å². The highest BCUT2D eigenvalue weighted by Crippen LogP contribution is 2.23. The van der Waals surface area contributed by atoms with Crippen LogP contribution in [0.2, 0.25) is 0 Å². The third kappa shape index (κ3) is 4.57. The largest absolute Gasteiger partial charge is 0.315 e. The highest BCUT2D eigenvalue weighted by molar-refractivity contribution is 7.98. The number of nitrogens with one attached hydrogen (secondary N) is 1. The molecule has 0 aliphatic rings. The number of aryl methyl sites for hydroxylation is 1. The van der Waals surface area contributed by atoms with Gasteiger partial charge >= 0.3 is 0 Å². The topological polar surface area (TPSA) is 15.3 Å². The minimum atomic E-state index is 0.687. The minimum absolute atomic E-state index is 0.687. The zero-order chi connectivity index (χ0) is 13.5. The van der Waals surface area contributed by atoms with Crippen LogP contribution in [0.25, 0.3) is 0 Å². The molecule has 1 unspecified atom stereocenters. The van der Waals surface area contributed by atoms with Crippen LogP contribution < -0.4 is 5.32 Å². The lowest BCUT2D eigenvalue weighted by Crippen LogP contribution is -2.32. The van der Waals surface area contributed by atoms with Crippen molar-refractivity contribution in [2.45, 2.75) is 39.4 Å². The van der Waals surface area contributed by atoms with E-state index in [1.807, 2.05) is 30.1 Å². The summed E-state index contributed by atoms with van der Waals surface area (Å²) in [5.74, 6) is 1.22. The Labute approximate surface area is 120 Å². The Hall–Kier alpha value is -0.0300. The van der Waals surface area contributed by atoms with Gasteiger partial charge in [0.05, 0.1) is 0 Å². The zero-order valence-electron chi connectivity index (χ0n) is 12.2. The molecule has 1 heterocycles. The van der Waals surface area contributed by atoms with Gasteiger partial charge in [0.25, 0.3) is 0 Å². The van der Waals surface area contributed by atoms with Gasteiger partial charge in [-0.25, -0.2) is 0 Å². The molecule has 104 valence electrons. The highest BCUT2D eigenvalue weighted by atomic mass is 32.2. The molecule has 1 aromatic heterocycles. The predicted molar refractivity (Wildman–Crippen MR) is 85.7 cm³/mol. The van der Waals surface area contributed by atoms with Gasteiger partial charge in [0.2, 0.25) is 0 Å². The maximum Gasteiger partial charge on any atom is 0.0296 e. The Bertz CT molecular complexity index is 350. The van der Waals surface area contributed by atoms with Crippen LogP contribution in [0.15, 0.2) is 6.07 Å². The van der Waals surface area contributed by atoms with Crippen molar-refractivity contribution in [3.05, 3.63) is 21.4 Å². The SMILES string of the molecule is CCC(CSC)N(C)Cc1cc(CNC)sc1C. The summed E-state index contributed by atoms with van der Waals surface area (Å²) in [6, 6.07) is 3.05. The summed E-state index contributed by atoms with van der Waals surface area (Å²) in [5, 5.41) is 3.23. The second-order valence-corrected chi connectivity index (χ2v) is 7.01. The number of thioether (sulfide) groups is 1. The van der Waals surface area contributed by atoms with Crippen LogP contribution in [0.4, 0.5) is 0 Å². The van der Waals surface area contributed by atoms with Gasteiger partial charge in [-0.2, -0.15) is 11.8 Å². The van der Waals surface area contributed by atoms with Gasteiger partial charge in [0, 0.05) is 34.6 Å². The van der Waals surface area contributed by atoms with E-state index in [9.17, 15) is 0 Å². The van der Waals surface area contributed by atoms with Crippen LogP contribution in [0.1, 0.15) is 28.7 Å². The molecular weight excluding hydrogens is 260 g/mol. The Kier molecular flexibility index (Phi) is 7.30. The molecule has 0 bridgehead atoms. The van der Waals surface area contributed by atoms with Gasteiger partial charge in [-0.05, 0) is 45.3 Å². The van der Waals surface area contributed by atoms with Gasteiger partial charge in [0.15, 0.2) is 0 Å². The van der Waals surface area contributed by atoms with Crippen LogP contribution in [0.3, 0.4) is 0 Å². The first-order chi connectivity index (χ1) is 8.62. The molecule has 1 N–H and O–H groups in total. The van der Waals surface area contributed by atoms with Crippen molar-refractivity contribution in [2.24, 2.45) is 0 Å². The van der Waals surface area contributed by atoms with Crippen LogP contribution in [0.5, 0.6) is 0 Å². The average molecular weight is 287 g/mol. The Morgan fingerprint density at radius 3 is 2.78 bits per heavy atom. The predicted octanol–water partition coefficient (Wildman–Crippen LogP) is 3.35. The highest BCUT2D eigenvalue weighted by Gasteiger charge is 2.14. The van der Waals surface area contributed by atoms with Crippen molar-refractivity contribution in [1.82, 2.24) is 10.2 Å². The fourth-order valence-corrected chi connectivity index (χ4v) is 4.09. The molecule has 1 atom stereocenters. The smallest absolute Gasteiger partial charge is 0.0296 e. The summed E-state index contributed by atoms with van der Waals surface area (Å²) in [6.07, 6.45) is 3.42. The van der Waals surface area contributed by atoms with Crippen LogP contribution in [0, 0.1) is 6.92 Å². The van der Waals surface area contributed by atoms with Crippen LogP contribution >= 0.6 is 23.1 Å². The second-order valence-electron chi connectivity index (χ2n) is 4.76. The van der Waals surface area contributed by atoms with Gasteiger partial charge in [-0.15, -0.1) is 11.3 Å². The summed E-state index contributed by atoms with van der Waals surface area (Å²) in [6.45, 7) is 6.58. The van der Waals surface area contributed by atoms with Gasteiger partial charge < -0.3 is 5.32 Å². The fourth-order valence-electron chi connectivity index (χ4n) is 2.15. The molecule has 2 nitrogen and oxygen atoms in total. The molecule has 0 fully saturated rings. The summed E-state index contributed by atoms with van der Waals surface area (Å²) in [4.78, 5) is 5.40. The van der Waals surface area contributed by atoms with E-state index in [-0.39, 0.29) is 0 Å². The molecule has 0 aliphatic carbocycles. The quantitative estimate of drug-likeness (QED) is 0.789. The second kappa shape index (κ2) is 8.20. The van der Waals surface area contributed by atoms with Crippen molar-refractivity contribution in [3.63, 3.8) is 0 Å². The van der Waals surface area contributed by atoms with E-state index in [1.165, 1.54) is 27.5 Å². The fraction of sp³-hybridized carbons (Fsp3) is 0.714. The molecule has 0 saturated heterocycles. The zero-order valence-corrected chi connectivity index (χ0v) is 13.9. The number of thiophene rings is 1. The van der Waals surface area contributed by atoms with Crippen LogP contribution in [-0.4, -0.2) is 37.0 Å². The molecule has 0 spiro atoms. The lowest BCUT2D eigenvalue weighted by Gasteiger charge is -2.26. The van der Waals surface area contributed by atoms with Crippen molar-refractivity contribution in [3.8, 4) is 0 Å². The summed E-state index contributed by atoms with van der Waals surface area (Å²) in [5.41, 5.74) is 1.49. The number of hydrogen-bond donors (Lipinski definition) is 1. The van der Waals surface area contributed by atoms with E-state index in [0.29, 0.717) is 6.04 Å². The first kappa shape index (κ1) is 16.0. The van der Waals surface area contributed by atoms with Crippen molar-refractivity contribution in [2.75, 3.05) is 26.1 Å². The first-order valence-electron chi connectivity index (χ1n) is 6.54. The molecule has 18 heavy (non-hydrogen) atoms. The van der Waals surface area contributed by atoms with E-state index >= 15 is 0 Å². The summed E-state index contributed by atoms with van der Waals surface area (Å²) < 4.78 is 0. The Balaban J connectivity index is 2.65. The molecule has 0 saturated carbocycles. The normalized spacial score (nSPS) is 13.2. The van der Waals surface area contributed by atoms with E-state index in [4.69, 9.17) is 0 Å². The van der Waals surface area contributed by atoms with E-state index in [1.54, 1.807) is 0 Å². The molecule has 1 aromatic rings. The average Bonchev–Trinajstić information content (AvgIpc) is 2.67. The molecule has 0 radical (unpaired) electrons. The maximum absolute atomic E-state index is 3.23. The third-order valence-corrected chi connectivity index (χ3v) is 5.11. The molecule has 0 aromatic carbocycles. The van der Waals surface area contributed by atoms with Gasteiger partial charge in [-0.1, -0.05) is 6.92 Å². The summed E-state index contributed by atoms with van der Waals surface area (Å²) in [7, 11) is 4.26. The van der Waals surface area contributed by atoms with Gasteiger partial charge in [0.1, 0.15) is 0 Å². The number of nitrogens with zero attached hydrogens (tertiary/aromatic N) is 1. The molecule has 0 aliphatic heterocycles. The molecular formula is C14H26N2S2. The molecule has 1 rings (SSSR count). The molecule has 0 amide bonds. The lowest BCUT2D eigenvalue weighted by atomic mass is 10.2. The van der Waals surface area contributed by atoms with E-state index in [0.717, 1.165) is 13.1 Å². The standard InChI is InChI=1S/C14H26N2S2/c1-6-13(10-17-5)16(4)9-12-7-14(8-15-3)18-11(12)2/h7,13,15H,6,8-10H2,1-5H3. The lowest BCUT2D eigenvalue weighted by molar-refractivity contribution is 0.248. The number of hydrogen-bond acceptors (Lipinski definition) is 4. The monoisotopic (exact) mass is 286 g/mol. The first-order valence-corrected chi connectivity index (χ1v) is 8.75. The van der Waals surface area contributed by atoms with Crippen molar-refractivity contribution in [1.29, 1.82) is 0 Å². The molecule has 4 heteroatoms. The third-order valence-electron chi connectivity index (χ3n) is 3.30. The maximum atomic E-state index is 3.23. The Morgan fingerprint density at radius 2 is 2.22 bits per heavy atom. The Morgan fingerprint density at radius 1 is 1.50 bits per heavy atom. The van der Waals surface area contributed by atoms with E-state index in [2.05, 4.69) is 43.4 Å². The summed E-state index contributed by atoms with van der Waals surface area (Å²) >= 11 is 3.86.